The summed E-state index contributed by atoms with van der Waals surface area (Å²) in [6.07, 6.45) is 4.53. The average Bonchev–Trinajstić information content (AvgIpc) is 3.02. The van der Waals surface area contributed by atoms with E-state index in [0.29, 0.717) is 12.3 Å². The van der Waals surface area contributed by atoms with E-state index in [9.17, 15) is 4.79 Å². The van der Waals surface area contributed by atoms with E-state index in [-0.39, 0.29) is 18.0 Å². The number of hydrogen-bond donors (Lipinski definition) is 1. The lowest BCUT2D eigenvalue weighted by Gasteiger charge is -2.32. The summed E-state index contributed by atoms with van der Waals surface area (Å²) in [6.45, 7) is 5.10. The molecule has 2 heterocycles. The summed E-state index contributed by atoms with van der Waals surface area (Å²) in [5.74, 6) is 3.45. The van der Waals surface area contributed by atoms with Gasteiger partial charge in [-0.25, -0.2) is 0 Å². The number of rotatable bonds is 4. The fourth-order valence-corrected chi connectivity index (χ4v) is 3.49. The summed E-state index contributed by atoms with van der Waals surface area (Å²) in [5.41, 5.74) is 6.37. The van der Waals surface area contributed by atoms with Crippen LogP contribution in [0.1, 0.15) is 69.4 Å². The molecule has 1 amide bonds. The van der Waals surface area contributed by atoms with Gasteiger partial charge >= 0.3 is 0 Å². The van der Waals surface area contributed by atoms with Crippen LogP contribution in [0.4, 0.5) is 0 Å². The monoisotopic (exact) mass is 290 g/mol. The summed E-state index contributed by atoms with van der Waals surface area (Å²) in [6, 6.07) is 3.99. The van der Waals surface area contributed by atoms with Gasteiger partial charge in [0.15, 0.2) is 0 Å². The maximum atomic E-state index is 12.4. The standard InChI is InChI=1S/C17H26N2O2/c1-3-9-19-16(20)6-4-5-13(18)17(19)15-8-7-14(21-15)12-10-11(12)2/h7-8,11-13,17H,3-6,9-10,18H2,1-2H3. The van der Waals surface area contributed by atoms with E-state index in [1.54, 1.807) is 0 Å². The summed E-state index contributed by atoms with van der Waals surface area (Å²) in [5, 5.41) is 0. The highest BCUT2D eigenvalue weighted by Crippen LogP contribution is 2.48. The van der Waals surface area contributed by atoms with Crippen LogP contribution in [0.15, 0.2) is 16.5 Å². The lowest BCUT2D eigenvalue weighted by atomic mass is 10.0. The van der Waals surface area contributed by atoms with Crippen LogP contribution in [0.25, 0.3) is 0 Å². The molecule has 116 valence electrons. The molecule has 2 aliphatic rings. The molecule has 0 aromatic carbocycles. The van der Waals surface area contributed by atoms with E-state index < -0.39 is 0 Å². The Morgan fingerprint density at radius 2 is 2.10 bits per heavy atom. The van der Waals surface area contributed by atoms with Crippen LogP contribution in [-0.4, -0.2) is 23.4 Å². The fraction of sp³-hybridized carbons (Fsp3) is 0.706. The molecular formula is C17H26N2O2. The molecule has 2 fully saturated rings. The summed E-state index contributed by atoms with van der Waals surface area (Å²) >= 11 is 0. The Morgan fingerprint density at radius 1 is 1.38 bits per heavy atom. The van der Waals surface area contributed by atoms with Crippen molar-refractivity contribution in [2.45, 2.75) is 64.0 Å². The Balaban J connectivity index is 1.87. The van der Waals surface area contributed by atoms with Gasteiger partial charge in [0.2, 0.25) is 5.91 Å². The quantitative estimate of drug-likeness (QED) is 0.926. The molecule has 4 atom stereocenters. The predicted octanol–water partition coefficient (Wildman–Crippen LogP) is 3.19. The molecule has 3 rings (SSSR count). The summed E-state index contributed by atoms with van der Waals surface area (Å²) in [7, 11) is 0. The Labute approximate surface area is 126 Å². The topological polar surface area (TPSA) is 59.5 Å². The third kappa shape index (κ3) is 2.86. The minimum atomic E-state index is -0.0947. The van der Waals surface area contributed by atoms with Crippen LogP contribution >= 0.6 is 0 Å². The molecule has 0 spiro atoms. The fourth-order valence-electron chi connectivity index (χ4n) is 3.49. The molecule has 4 nitrogen and oxygen atoms in total. The van der Waals surface area contributed by atoms with Crippen LogP contribution < -0.4 is 5.73 Å². The molecule has 1 saturated heterocycles. The first-order valence-electron chi connectivity index (χ1n) is 8.26. The van der Waals surface area contributed by atoms with Gasteiger partial charge in [-0.3, -0.25) is 4.79 Å². The number of likely N-dealkylation sites (tertiary alicyclic amines) is 1. The molecule has 4 heteroatoms. The second-order valence-corrected chi connectivity index (χ2v) is 6.65. The first-order valence-corrected chi connectivity index (χ1v) is 8.26. The highest BCUT2D eigenvalue weighted by atomic mass is 16.3. The lowest BCUT2D eigenvalue weighted by Crippen LogP contribution is -2.42. The third-order valence-electron chi connectivity index (χ3n) is 4.87. The van der Waals surface area contributed by atoms with Gasteiger partial charge in [0.1, 0.15) is 17.6 Å². The van der Waals surface area contributed by atoms with Crippen molar-refractivity contribution in [3.8, 4) is 0 Å². The van der Waals surface area contributed by atoms with E-state index in [1.165, 1.54) is 6.42 Å². The van der Waals surface area contributed by atoms with Gasteiger partial charge in [-0.1, -0.05) is 13.8 Å². The van der Waals surface area contributed by atoms with Crippen molar-refractivity contribution in [3.63, 3.8) is 0 Å². The lowest BCUT2D eigenvalue weighted by molar-refractivity contribution is -0.133. The highest BCUT2D eigenvalue weighted by Gasteiger charge is 2.39. The minimum Gasteiger partial charge on any atom is -0.464 e. The zero-order valence-electron chi connectivity index (χ0n) is 13.0. The second kappa shape index (κ2) is 5.84. The van der Waals surface area contributed by atoms with Crippen molar-refractivity contribution in [2.24, 2.45) is 11.7 Å². The zero-order chi connectivity index (χ0) is 15.0. The number of carbonyl (C=O) groups excluding carboxylic acids is 1. The van der Waals surface area contributed by atoms with Crippen LogP contribution in [0.5, 0.6) is 0 Å². The number of amides is 1. The van der Waals surface area contributed by atoms with Gasteiger partial charge in [-0.15, -0.1) is 0 Å². The molecule has 21 heavy (non-hydrogen) atoms. The van der Waals surface area contributed by atoms with E-state index >= 15 is 0 Å². The van der Waals surface area contributed by atoms with Crippen molar-refractivity contribution in [2.75, 3.05) is 6.54 Å². The van der Waals surface area contributed by atoms with Gasteiger partial charge in [-0.2, -0.15) is 0 Å². The van der Waals surface area contributed by atoms with Crippen LogP contribution in [-0.2, 0) is 4.79 Å². The van der Waals surface area contributed by atoms with E-state index in [0.717, 1.165) is 43.2 Å². The number of hydrogen-bond acceptors (Lipinski definition) is 3. The van der Waals surface area contributed by atoms with E-state index in [2.05, 4.69) is 19.9 Å². The smallest absolute Gasteiger partial charge is 0.223 e. The normalized spacial score (nSPS) is 33.1. The van der Waals surface area contributed by atoms with Crippen LogP contribution in [0, 0.1) is 5.92 Å². The predicted molar refractivity (Wildman–Crippen MR) is 81.8 cm³/mol. The second-order valence-electron chi connectivity index (χ2n) is 6.65. The molecule has 1 aliphatic carbocycles. The SMILES string of the molecule is CCCN1C(=O)CCCC(N)C1c1ccc(C2CC2C)o1. The first-order chi connectivity index (χ1) is 10.1. The molecule has 1 aliphatic heterocycles. The number of carbonyl (C=O) groups is 1. The Bertz CT molecular complexity index is 511. The summed E-state index contributed by atoms with van der Waals surface area (Å²) < 4.78 is 6.09. The maximum absolute atomic E-state index is 12.4. The maximum Gasteiger partial charge on any atom is 0.223 e. The molecule has 0 bridgehead atoms. The van der Waals surface area contributed by atoms with Gasteiger partial charge in [0, 0.05) is 24.9 Å². The molecular weight excluding hydrogens is 264 g/mol. The number of furan rings is 1. The molecule has 4 unspecified atom stereocenters. The van der Waals surface area contributed by atoms with Crippen LogP contribution in [0.3, 0.4) is 0 Å². The van der Waals surface area contributed by atoms with E-state index in [4.69, 9.17) is 10.2 Å². The van der Waals surface area contributed by atoms with Gasteiger partial charge in [-0.05, 0) is 43.7 Å². The van der Waals surface area contributed by atoms with Crippen molar-refractivity contribution in [3.05, 3.63) is 23.7 Å². The third-order valence-corrected chi connectivity index (χ3v) is 4.87. The van der Waals surface area contributed by atoms with Crippen molar-refractivity contribution >= 4 is 5.91 Å². The number of nitrogens with two attached hydrogens (primary N) is 1. The molecule has 2 N–H and O–H groups in total. The Morgan fingerprint density at radius 3 is 2.76 bits per heavy atom. The van der Waals surface area contributed by atoms with E-state index in [1.807, 2.05) is 11.0 Å². The first kappa shape index (κ1) is 14.6. The highest BCUT2D eigenvalue weighted by molar-refractivity contribution is 5.77. The molecule has 1 aromatic rings. The zero-order valence-corrected chi connectivity index (χ0v) is 13.0. The van der Waals surface area contributed by atoms with Crippen molar-refractivity contribution in [1.82, 2.24) is 4.90 Å². The largest absolute Gasteiger partial charge is 0.464 e. The Kier molecular flexibility index (Phi) is 4.07. The Hall–Kier alpha value is -1.29. The van der Waals surface area contributed by atoms with Gasteiger partial charge in [0.25, 0.3) is 0 Å². The molecule has 0 radical (unpaired) electrons. The molecule has 1 saturated carbocycles. The van der Waals surface area contributed by atoms with Crippen molar-refractivity contribution < 1.29 is 9.21 Å². The van der Waals surface area contributed by atoms with Gasteiger partial charge < -0.3 is 15.1 Å². The van der Waals surface area contributed by atoms with Gasteiger partial charge in [0.05, 0.1) is 0 Å². The summed E-state index contributed by atoms with van der Waals surface area (Å²) in [4.78, 5) is 14.3. The van der Waals surface area contributed by atoms with Crippen molar-refractivity contribution in [1.29, 1.82) is 0 Å². The minimum absolute atomic E-state index is 0.0290. The van der Waals surface area contributed by atoms with Crippen LogP contribution in [0.2, 0.25) is 0 Å². The average molecular weight is 290 g/mol. The number of nitrogens with zero attached hydrogens (tertiary/aromatic N) is 1. The molecule has 1 aromatic heterocycles.